The summed E-state index contributed by atoms with van der Waals surface area (Å²) in [7, 11) is -1.60. The first-order valence-electron chi connectivity index (χ1n) is 12.6. The van der Waals surface area contributed by atoms with Gasteiger partial charge in [0.2, 0.25) is 15.6 Å². The van der Waals surface area contributed by atoms with E-state index in [9.17, 15) is 31.2 Å². The normalized spacial score (nSPS) is 21.3. The van der Waals surface area contributed by atoms with Gasteiger partial charge in [0.05, 0.1) is 28.8 Å². The zero-order chi connectivity index (χ0) is 29.6. The monoisotopic (exact) mass is 585 g/mol. The van der Waals surface area contributed by atoms with Crippen molar-refractivity contribution in [2.24, 2.45) is 0 Å². The Balaban J connectivity index is 1.80. The number of piperazine rings is 1. The summed E-state index contributed by atoms with van der Waals surface area (Å²) in [5, 5.41) is 2.50. The molecule has 1 saturated heterocycles. The minimum atomic E-state index is -4.97. The second kappa shape index (κ2) is 11.0. The predicted octanol–water partition coefficient (Wildman–Crippen LogP) is 3.36. The molecule has 218 valence electrons. The van der Waals surface area contributed by atoms with Gasteiger partial charge in [-0.1, -0.05) is 6.08 Å². The molecule has 2 N–H and O–H groups in total. The third-order valence-electron chi connectivity index (χ3n) is 7.44. The van der Waals surface area contributed by atoms with E-state index in [-0.39, 0.29) is 42.1 Å². The second-order valence-electron chi connectivity index (χ2n) is 10.3. The maximum absolute atomic E-state index is 15.6. The Morgan fingerprint density at radius 3 is 2.38 bits per heavy atom. The van der Waals surface area contributed by atoms with E-state index in [1.165, 1.54) is 16.4 Å². The van der Waals surface area contributed by atoms with Crippen LogP contribution in [0.5, 0.6) is 0 Å². The third-order valence-corrected chi connectivity index (χ3v) is 8.69. The van der Waals surface area contributed by atoms with Crippen molar-refractivity contribution in [3.63, 3.8) is 0 Å². The molecule has 2 aliphatic heterocycles. The summed E-state index contributed by atoms with van der Waals surface area (Å²) < 4.78 is 82.1. The summed E-state index contributed by atoms with van der Waals surface area (Å²) in [6.45, 7) is 5.01. The lowest BCUT2D eigenvalue weighted by Gasteiger charge is -2.44. The smallest absolute Gasteiger partial charge is 0.367 e. The summed E-state index contributed by atoms with van der Waals surface area (Å²) in [5.41, 5.74) is -2.49. The first kappa shape index (κ1) is 29.7. The van der Waals surface area contributed by atoms with Gasteiger partial charge in [0.15, 0.2) is 0 Å². The number of rotatable bonds is 5. The highest BCUT2D eigenvalue weighted by atomic mass is 32.2. The molecule has 0 spiro atoms. The van der Waals surface area contributed by atoms with E-state index in [1.54, 1.807) is 6.08 Å². The minimum Gasteiger partial charge on any atom is -0.367 e. The Hall–Kier alpha value is -3.23. The first-order chi connectivity index (χ1) is 18.6. The molecular weight excluding hydrogens is 554 g/mol. The van der Waals surface area contributed by atoms with E-state index in [0.29, 0.717) is 37.3 Å². The number of sulfonamides is 1. The molecular formula is C26H31F4N5O4S. The lowest BCUT2D eigenvalue weighted by Crippen LogP contribution is -2.55. The van der Waals surface area contributed by atoms with Gasteiger partial charge in [-0.2, -0.15) is 17.5 Å². The molecule has 0 radical (unpaired) electrons. The van der Waals surface area contributed by atoms with Crippen molar-refractivity contribution >= 4 is 32.9 Å². The molecule has 1 fully saturated rings. The SMILES string of the molecule is CC1CN(c2cc(F)c(C3=CCCN(S(C)(=O)=O)C3)cc2NC(=O)c2c[nH]c(=O)cc2C(F)(F)F)C[C@H](C)N1C. The number of anilines is 2. The highest BCUT2D eigenvalue weighted by molar-refractivity contribution is 7.88. The number of nitrogens with one attached hydrogen (secondary N) is 2. The number of benzene rings is 1. The standard InChI is InChI=1S/C26H31F4N5O4S/c1-15-12-34(13-16(2)33(15)3)23-10-21(27)18(17-6-5-7-35(14-17)40(4,38)39)8-22(23)32-25(37)19-11-31-24(36)9-20(19)26(28,29)30/h6,8-11,15-16H,5,7,12-14H2,1-4H3,(H,31,36)(H,32,37)/t15-,16?/m0/s1. The zero-order valence-corrected chi connectivity index (χ0v) is 23.3. The number of nitrogens with zero attached hydrogens (tertiary/aromatic N) is 3. The number of H-pyrrole nitrogens is 1. The topological polar surface area (TPSA) is 106 Å². The van der Waals surface area contributed by atoms with Gasteiger partial charge < -0.3 is 15.2 Å². The number of aromatic nitrogens is 1. The molecule has 0 aliphatic carbocycles. The van der Waals surface area contributed by atoms with Crippen LogP contribution < -0.4 is 15.8 Å². The molecule has 1 aromatic heterocycles. The van der Waals surface area contributed by atoms with Crippen molar-refractivity contribution in [3.05, 3.63) is 63.3 Å². The first-order valence-corrected chi connectivity index (χ1v) is 14.5. The van der Waals surface area contributed by atoms with Crippen LogP contribution >= 0.6 is 0 Å². The quantitative estimate of drug-likeness (QED) is 0.522. The third kappa shape index (κ3) is 6.23. The molecule has 2 atom stereocenters. The second-order valence-corrected chi connectivity index (χ2v) is 12.3. The molecule has 9 nitrogen and oxygen atoms in total. The van der Waals surface area contributed by atoms with Crippen LogP contribution in [0.3, 0.4) is 0 Å². The van der Waals surface area contributed by atoms with Crippen molar-refractivity contribution in [2.75, 3.05) is 49.7 Å². The molecule has 1 aromatic carbocycles. The van der Waals surface area contributed by atoms with Crippen LogP contribution in [-0.2, 0) is 16.2 Å². The molecule has 0 bridgehead atoms. The molecule has 1 amide bonds. The van der Waals surface area contributed by atoms with E-state index >= 15 is 4.39 Å². The molecule has 14 heteroatoms. The Kier molecular flexibility index (Phi) is 8.16. The average Bonchev–Trinajstić information content (AvgIpc) is 2.86. The van der Waals surface area contributed by atoms with E-state index < -0.39 is 44.6 Å². The van der Waals surface area contributed by atoms with Crippen molar-refractivity contribution < 1.29 is 30.8 Å². The maximum Gasteiger partial charge on any atom is 0.417 e. The van der Waals surface area contributed by atoms with Gasteiger partial charge in [-0.15, -0.1) is 0 Å². The fourth-order valence-electron chi connectivity index (χ4n) is 5.05. The van der Waals surface area contributed by atoms with Gasteiger partial charge in [0.1, 0.15) is 5.82 Å². The number of alkyl halides is 3. The summed E-state index contributed by atoms with van der Waals surface area (Å²) in [5.74, 6) is -1.80. The number of carbonyl (C=O) groups excluding carboxylic acids is 1. The summed E-state index contributed by atoms with van der Waals surface area (Å²) in [4.78, 5) is 30.9. The Morgan fingerprint density at radius 2 is 1.77 bits per heavy atom. The van der Waals surface area contributed by atoms with Crippen LogP contribution in [0.15, 0.2) is 35.3 Å². The molecule has 2 aromatic rings. The minimum absolute atomic E-state index is 0.0279. The molecule has 4 rings (SSSR count). The predicted molar refractivity (Wildman–Crippen MR) is 144 cm³/mol. The molecule has 40 heavy (non-hydrogen) atoms. The number of pyridine rings is 1. The van der Waals surface area contributed by atoms with Crippen molar-refractivity contribution in [3.8, 4) is 0 Å². The van der Waals surface area contributed by atoms with Gasteiger partial charge in [-0.25, -0.2) is 12.8 Å². The number of likely N-dealkylation sites (N-methyl/N-ethyl adjacent to an activating group) is 1. The van der Waals surface area contributed by atoms with Gasteiger partial charge in [-0.05, 0) is 45.0 Å². The van der Waals surface area contributed by atoms with E-state index in [2.05, 4.69) is 15.2 Å². The maximum atomic E-state index is 15.6. The Labute approximate surface area is 229 Å². The number of halogens is 4. The number of carbonyl (C=O) groups is 1. The van der Waals surface area contributed by atoms with Crippen LogP contribution in [0.2, 0.25) is 0 Å². The number of amides is 1. The van der Waals surface area contributed by atoms with Crippen LogP contribution in [0.25, 0.3) is 5.57 Å². The highest BCUT2D eigenvalue weighted by Gasteiger charge is 2.36. The summed E-state index contributed by atoms with van der Waals surface area (Å²) >= 11 is 0. The average molecular weight is 586 g/mol. The fraction of sp³-hybridized carbons (Fsp3) is 0.462. The number of aromatic amines is 1. The van der Waals surface area contributed by atoms with Crippen molar-refractivity contribution in [1.82, 2.24) is 14.2 Å². The molecule has 0 saturated carbocycles. The zero-order valence-electron chi connectivity index (χ0n) is 22.5. The van der Waals surface area contributed by atoms with Gasteiger partial charge in [0, 0.05) is 56.1 Å². The van der Waals surface area contributed by atoms with Crippen molar-refractivity contribution in [2.45, 2.75) is 38.5 Å². The van der Waals surface area contributed by atoms with Gasteiger partial charge in [0.25, 0.3) is 5.91 Å². The summed E-state index contributed by atoms with van der Waals surface area (Å²) in [6.07, 6.45) is -1.18. The number of hydrogen-bond donors (Lipinski definition) is 2. The Morgan fingerprint density at radius 1 is 1.12 bits per heavy atom. The highest BCUT2D eigenvalue weighted by Crippen LogP contribution is 2.37. The Bertz CT molecular complexity index is 1490. The van der Waals surface area contributed by atoms with Gasteiger partial charge in [-0.3, -0.25) is 14.5 Å². The van der Waals surface area contributed by atoms with Crippen LogP contribution in [0, 0.1) is 5.82 Å². The molecule has 2 aliphatic rings. The largest absolute Gasteiger partial charge is 0.417 e. The van der Waals surface area contributed by atoms with Crippen LogP contribution in [-0.4, -0.2) is 80.1 Å². The van der Waals surface area contributed by atoms with Crippen molar-refractivity contribution in [1.29, 1.82) is 0 Å². The van der Waals surface area contributed by atoms with Gasteiger partial charge >= 0.3 is 6.18 Å². The lowest BCUT2D eigenvalue weighted by atomic mass is 9.99. The fourth-order valence-corrected chi connectivity index (χ4v) is 5.86. The van der Waals surface area contributed by atoms with E-state index in [0.717, 1.165) is 6.26 Å². The number of hydrogen-bond acceptors (Lipinski definition) is 6. The van der Waals surface area contributed by atoms with E-state index in [4.69, 9.17) is 0 Å². The lowest BCUT2D eigenvalue weighted by molar-refractivity contribution is -0.138. The van der Waals surface area contributed by atoms with Crippen LogP contribution in [0.4, 0.5) is 28.9 Å². The van der Waals surface area contributed by atoms with Crippen LogP contribution in [0.1, 0.15) is 41.8 Å². The molecule has 1 unspecified atom stereocenters. The van der Waals surface area contributed by atoms with E-state index in [1.807, 2.05) is 25.8 Å². The molecule has 3 heterocycles. The summed E-state index contributed by atoms with van der Waals surface area (Å²) in [6, 6.07) is 2.95.